The van der Waals surface area contributed by atoms with Crippen LogP contribution in [0.5, 0.6) is 0 Å². The lowest BCUT2D eigenvalue weighted by atomic mass is 10.2. The molecular weight excluding hydrogens is 348 g/mol. The van der Waals surface area contributed by atoms with Gasteiger partial charge in [-0.15, -0.1) is 0 Å². The van der Waals surface area contributed by atoms with E-state index < -0.39 is 10.0 Å². The Kier molecular flexibility index (Phi) is 3.97. The molecule has 4 rings (SSSR count). The van der Waals surface area contributed by atoms with E-state index >= 15 is 0 Å². The highest BCUT2D eigenvalue weighted by Gasteiger charge is 2.14. The number of fused-ring (bicyclic) bond motifs is 1. The Labute approximate surface area is 151 Å². The first-order valence-corrected chi connectivity index (χ1v) is 9.55. The number of aryl methyl sites for hydroxylation is 1. The van der Waals surface area contributed by atoms with Crippen molar-refractivity contribution in [2.24, 2.45) is 0 Å². The van der Waals surface area contributed by atoms with E-state index in [1.165, 1.54) is 0 Å². The number of nitrogens with one attached hydrogen (secondary N) is 1. The standard InChI is InChI=1S/C20H16N2O3S/c1-14-7-12-18-19(13-14)25-20(21-18)15-8-10-16(11-9-15)22-26(23,24)17-5-3-2-4-6-17/h2-13,22H,1H3. The Morgan fingerprint density at radius 1 is 0.923 bits per heavy atom. The third kappa shape index (κ3) is 3.19. The first-order valence-electron chi connectivity index (χ1n) is 8.07. The molecule has 0 amide bonds. The van der Waals surface area contributed by atoms with Crippen LogP contribution in [-0.2, 0) is 10.0 Å². The average molecular weight is 364 g/mol. The van der Waals surface area contributed by atoms with E-state index in [1.807, 2.05) is 25.1 Å². The second kappa shape index (κ2) is 6.31. The number of hydrogen-bond donors (Lipinski definition) is 1. The van der Waals surface area contributed by atoms with Crippen molar-refractivity contribution in [2.45, 2.75) is 11.8 Å². The summed E-state index contributed by atoms with van der Waals surface area (Å²) in [6.45, 7) is 2.00. The summed E-state index contributed by atoms with van der Waals surface area (Å²) in [7, 11) is -3.61. The Morgan fingerprint density at radius 3 is 2.38 bits per heavy atom. The number of aromatic nitrogens is 1. The Morgan fingerprint density at radius 2 is 1.65 bits per heavy atom. The molecule has 4 aromatic rings. The van der Waals surface area contributed by atoms with Gasteiger partial charge < -0.3 is 4.42 Å². The molecule has 0 aliphatic heterocycles. The summed E-state index contributed by atoms with van der Waals surface area (Å²) in [5.41, 5.74) is 3.88. The van der Waals surface area contributed by atoms with Crippen molar-refractivity contribution in [2.75, 3.05) is 4.72 Å². The predicted molar refractivity (Wildman–Crippen MR) is 101 cm³/mol. The molecule has 0 unspecified atom stereocenters. The molecule has 0 aliphatic rings. The smallest absolute Gasteiger partial charge is 0.261 e. The molecule has 0 atom stereocenters. The van der Waals surface area contributed by atoms with Gasteiger partial charge in [-0.3, -0.25) is 4.72 Å². The molecule has 5 nitrogen and oxygen atoms in total. The zero-order chi connectivity index (χ0) is 18.1. The summed E-state index contributed by atoms with van der Waals surface area (Å²) in [6.07, 6.45) is 0. The molecule has 0 radical (unpaired) electrons. The monoisotopic (exact) mass is 364 g/mol. The lowest BCUT2D eigenvalue weighted by molar-refractivity contribution is 0.601. The zero-order valence-electron chi connectivity index (χ0n) is 14.0. The van der Waals surface area contributed by atoms with Crippen molar-refractivity contribution in [3.05, 3.63) is 78.4 Å². The maximum absolute atomic E-state index is 12.4. The van der Waals surface area contributed by atoms with Crippen LogP contribution in [0.1, 0.15) is 5.56 Å². The number of hydrogen-bond acceptors (Lipinski definition) is 4. The maximum Gasteiger partial charge on any atom is 0.261 e. The van der Waals surface area contributed by atoms with Gasteiger partial charge in [-0.25, -0.2) is 13.4 Å². The van der Waals surface area contributed by atoms with Gasteiger partial charge >= 0.3 is 0 Å². The van der Waals surface area contributed by atoms with Crippen molar-refractivity contribution in [3.63, 3.8) is 0 Å². The lowest BCUT2D eigenvalue weighted by Gasteiger charge is -2.08. The number of oxazole rings is 1. The van der Waals surface area contributed by atoms with E-state index in [-0.39, 0.29) is 4.90 Å². The van der Waals surface area contributed by atoms with Gasteiger partial charge in [-0.2, -0.15) is 0 Å². The van der Waals surface area contributed by atoms with Gasteiger partial charge in [-0.1, -0.05) is 24.3 Å². The minimum absolute atomic E-state index is 0.221. The SMILES string of the molecule is Cc1ccc2nc(-c3ccc(NS(=O)(=O)c4ccccc4)cc3)oc2c1. The summed E-state index contributed by atoms with van der Waals surface area (Å²) in [4.78, 5) is 4.69. The summed E-state index contributed by atoms with van der Waals surface area (Å²) in [5, 5.41) is 0. The van der Waals surface area contributed by atoms with Crippen molar-refractivity contribution in [1.82, 2.24) is 4.98 Å². The fourth-order valence-corrected chi connectivity index (χ4v) is 3.73. The van der Waals surface area contributed by atoms with Gasteiger partial charge in [0, 0.05) is 11.3 Å². The molecule has 1 heterocycles. The zero-order valence-corrected chi connectivity index (χ0v) is 14.8. The third-order valence-electron chi connectivity index (χ3n) is 3.98. The average Bonchev–Trinajstić information content (AvgIpc) is 3.06. The van der Waals surface area contributed by atoms with Crippen LogP contribution in [0.25, 0.3) is 22.6 Å². The molecular formula is C20H16N2O3S. The van der Waals surface area contributed by atoms with Crippen LogP contribution in [0.4, 0.5) is 5.69 Å². The van der Waals surface area contributed by atoms with Crippen LogP contribution >= 0.6 is 0 Å². The minimum Gasteiger partial charge on any atom is -0.436 e. The van der Waals surface area contributed by atoms with E-state index in [0.29, 0.717) is 11.6 Å². The highest BCUT2D eigenvalue weighted by molar-refractivity contribution is 7.92. The summed E-state index contributed by atoms with van der Waals surface area (Å²) in [6, 6.07) is 21.0. The lowest BCUT2D eigenvalue weighted by Crippen LogP contribution is -2.12. The van der Waals surface area contributed by atoms with Crippen LogP contribution in [0.3, 0.4) is 0 Å². The van der Waals surface area contributed by atoms with Crippen LogP contribution in [0, 0.1) is 6.92 Å². The molecule has 0 bridgehead atoms. The van der Waals surface area contributed by atoms with Crippen LogP contribution < -0.4 is 4.72 Å². The van der Waals surface area contributed by atoms with Gasteiger partial charge in [0.05, 0.1) is 4.90 Å². The van der Waals surface area contributed by atoms with E-state index in [2.05, 4.69) is 9.71 Å². The van der Waals surface area contributed by atoms with E-state index in [4.69, 9.17) is 4.42 Å². The highest BCUT2D eigenvalue weighted by Crippen LogP contribution is 2.26. The Bertz CT molecular complexity index is 1160. The molecule has 0 spiro atoms. The summed E-state index contributed by atoms with van der Waals surface area (Å²) >= 11 is 0. The van der Waals surface area contributed by atoms with Crippen molar-refractivity contribution in [1.29, 1.82) is 0 Å². The van der Waals surface area contributed by atoms with Gasteiger partial charge in [0.2, 0.25) is 5.89 Å². The molecule has 3 aromatic carbocycles. The molecule has 1 aromatic heterocycles. The fourth-order valence-electron chi connectivity index (χ4n) is 2.65. The van der Waals surface area contributed by atoms with Crippen LogP contribution in [0.2, 0.25) is 0 Å². The number of nitrogens with zero attached hydrogens (tertiary/aromatic N) is 1. The maximum atomic E-state index is 12.4. The fraction of sp³-hybridized carbons (Fsp3) is 0.0500. The molecule has 0 saturated carbocycles. The molecule has 6 heteroatoms. The number of benzene rings is 3. The largest absolute Gasteiger partial charge is 0.436 e. The molecule has 0 saturated heterocycles. The Hall–Kier alpha value is -3.12. The van der Waals surface area contributed by atoms with Crippen molar-refractivity contribution >= 4 is 26.8 Å². The molecule has 0 fully saturated rings. The van der Waals surface area contributed by atoms with Gasteiger partial charge in [0.15, 0.2) is 5.58 Å². The topological polar surface area (TPSA) is 72.2 Å². The normalized spacial score (nSPS) is 11.6. The number of anilines is 1. The quantitative estimate of drug-likeness (QED) is 0.574. The molecule has 1 N–H and O–H groups in total. The van der Waals surface area contributed by atoms with Crippen LogP contribution in [0.15, 0.2) is 82.1 Å². The summed E-state index contributed by atoms with van der Waals surface area (Å²) < 4.78 is 33.1. The third-order valence-corrected chi connectivity index (χ3v) is 5.38. The number of rotatable bonds is 4. The van der Waals surface area contributed by atoms with Gasteiger partial charge in [-0.05, 0) is 61.0 Å². The summed E-state index contributed by atoms with van der Waals surface area (Å²) in [5.74, 6) is 0.503. The number of sulfonamides is 1. The minimum atomic E-state index is -3.61. The highest BCUT2D eigenvalue weighted by atomic mass is 32.2. The predicted octanol–water partition coefficient (Wildman–Crippen LogP) is 4.60. The Balaban J connectivity index is 1.60. The van der Waals surface area contributed by atoms with Gasteiger partial charge in [0.25, 0.3) is 10.0 Å². The molecule has 130 valence electrons. The van der Waals surface area contributed by atoms with Crippen molar-refractivity contribution in [3.8, 4) is 11.5 Å². The first kappa shape index (κ1) is 16.4. The van der Waals surface area contributed by atoms with Crippen molar-refractivity contribution < 1.29 is 12.8 Å². The van der Waals surface area contributed by atoms with Crippen LogP contribution in [-0.4, -0.2) is 13.4 Å². The second-order valence-electron chi connectivity index (χ2n) is 5.99. The van der Waals surface area contributed by atoms with E-state index in [9.17, 15) is 8.42 Å². The van der Waals surface area contributed by atoms with Gasteiger partial charge in [0.1, 0.15) is 5.52 Å². The molecule has 0 aliphatic carbocycles. The second-order valence-corrected chi connectivity index (χ2v) is 7.67. The van der Waals surface area contributed by atoms with E-state index in [0.717, 1.165) is 22.2 Å². The first-order chi connectivity index (χ1) is 12.5. The molecule has 26 heavy (non-hydrogen) atoms. The van der Waals surface area contributed by atoms with E-state index in [1.54, 1.807) is 54.6 Å².